The van der Waals surface area contributed by atoms with Crippen molar-refractivity contribution in [2.24, 2.45) is 0 Å². The molecule has 0 aromatic heterocycles. The highest BCUT2D eigenvalue weighted by molar-refractivity contribution is 4.76. The number of rotatable bonds is 6. The monoisotopic (exact) mass is 216 g/mol. The van der Waals surface area contributed by atoms with E-state index in [2.05, 4.69) is 13.8 Å². The molecule has 1 rings (SSSR count). The number of hydrogen-bond acceptors (Lipinski definition) is 3. The Morgan fingerprint density at radius 2 is 2.13 bits per heavy atom. The van der Waals surface area contributed by atoms with Crippen molar-refractivity contribution in [3.05, 3.63) is 0 Å². The third-order valence-corrected chi connectivity index (χ3v) is 2.75. The molecule has 0 spiro atoms. The summed E-state index contributed by atoms with van der Waals surface area (Å²) in [4.78, 5) is 0. The van der Waals surface area contributed by atoms with E-state index in [1.807, 2.05) is 0 Å². The molecule has 3 atom stereocenters. The van der Waals surface area contributed by atoms with E-state index in [1.54, 1.807) is 7.11 Å². The van der Waals surface area contributed by atoms with Crippen LogP contribution in [0.1, 0.15) is 39.5 Å². The van der Waals surface area contributed by atoms with Crippen molar-refractivity contribution in [1.82, 2.24) is 0 Å². The highest BCUT2D eigenvalue weighted by Gasteiger charge is 2.27. The summed E-state index contributed by atoms with van der Waals surface area (Å²) >= 11 is 0. The molecule has 90 valence electrons. The Hall–Kier alpha value is -0.120. The van der Waals surface area contributed by atoms with E-state index in [0.717, 1.165) is 25.9 Å². The molecule has 0 aromatic carbocycles. The van der Waals surface area contributed by atoms with Gasteiger partial charge < -0.3 is 14.2 Å². The van der Waals surface area contributed by atoms with Gasteiger partial charge in [0, 0.05) is 20.1 Å². The summed E-state index contributed by atoms with van der Waals surface area (Å²) < 4.78 is 16.7. The van der Waals surface area contributed by atoms with E-state index >= 15 is 0 Å². The first kappa shape index (κ1) is 12.9. The number of hydrogen-bond donors (Lipinski definition) is 0. The molecule has 1 saturated heterocycles. The molecule has 15 heavy (non-hydrogen) atoms. The summed E-state index contributed by atoms with van der Waals surface area (Å²) in [5.74, 6) is 0. The summed E-state index contributed by atoms with van der Waals surface area (Å²) in [6, 6.07) is 0. The minimum atomic E-state index is 0.213. The van der Waals surface area contributed by atoms with Crippen LogP contribution in [0.15, 0.2) is 0 Å². The van der Waals surface area contributed by atoms with Gasteiger partial charge in [-0.2, -0.15) is 0 Å². The van der Waals surface area contributed by atoms with Crippen LogP contribution in [-0.2, 0) is 14.2 Å². The van der Waals surface area contributed by atoms with Crippen LogP contribution in [0, 0.1) is 0 Å². The molecule has 0 amide bonds. The Balaban J connectivity index is 2.24. The van der Waals surface area contributed by atoms with E-state index in [4.69, 9.17) is 14.2 Å². The molecule has 0 radical (unpaired) electrons. The van der Waals surface area contributed by atoms with Crippen molar-refractivity contribution in [2.75, 3.05) is 20.3 Å². The third kappa shape index (κ3) is 4.96. The van der Waals surface area contributed by atoms with Crippen LogP contribution in [0.4, 0.5) is 0 Å². The fraction of sp³-hybridized carbons (Fsp3) is 1.00. The Morgan fingerprint density at radius 3 is 2.80 bits per heavy atom. The van der Waals surface area contributed by atoms with E-state index in [1.165, 1.54) is 6.42 Å². The maximum atomic E-state index is 5.83. The van der Waals surface area contributed by atoms with Crippen LogP contribution in [-0.4, -0.2) is 38.6 Å². The van der Waals surface area contributed by atoms with Crippen LogP contribution in [0.5, 0.6) is 0 Å². The fourth-order valence-corrected chi connectivity index (χ4v) is 2.02. The van der Waals surface area contributed by atoms with Gasteiger partial charge in [-0.05, 0) is 19.8 Å². The van der Waals surface area contributed by atoms with Gasteiger partial charge in [0.2, 0.25) is 0 Å². The molecule has 1 aliphatic rings. The molecule has 0 aliphatic carbocycles. The highest BCUT2D eigenvalue weighted by Crippen LogP contribution is 2.22. The lowest BCUT2D eigenvalue weighted by atomic mass is 10.0. The van der Waals surface area contributed by atoms with Crippen molar-refractivity contribution in [2.45, 2.75) is 57.8 Å². The topological polar surface area (TPSA) is 27.7 Å². The minimum absolute atomic E-state index is 0.213. The van der Waals surface area contributed by atoms with Crippen LogP contribution in [0.2, 0.25) is 0 Å². The molecule has 0 bridgehead atoms. The average Bonchev–Trinajstić information content (AvgIpc) is 2.18. The van der Waals surface area contributed by atoms with Gasteiger partial charge in [-0.3, -0.25) is 0 Å². The number of methoxy groups -OCH3 is 1. The molecule has 1 heterocycles. The Bertz CT molecular complexity index is 161. The van der Waals surface area contributed by atoms with Gasteiger partial charge in [-0.15, -0.1) is 0 Å². The predicted molar refractivity (Wildman–Crippen MR) is 60.1 cm³/mol. The van der Waals surface area contributed by atoms with E-state index in [9.17, 15) is 0 Å². The summed E-state index contributed by atoms with van der Waals surface area (Å²) in [5.41, 5.74) is 0. The van der Waals surface area contributed by atoms with E-state index < -0.39 is 0 Å². The molecule has 3 heteroatoms. The molecule has 3 nitrogen and oxygen atoms in total. The van der Waals surface area contributed by atoms with Crippen LogP contribution >= 0.6 is 0 Å². The first-order chi connectivity index (χ1) is 7.26. The first-order valence-electron chi connectivity index (χ1n) is 6.02. The summed E-state index contributed by atoms with van der Waals surface area (Å²) in [5, 5.41) is 0. The lowest BCUT2D eigenvalue weighted by Crippen LogP contribution is -2.38. The molecular weight excluding hydrogens is 192 g/mol. The highest BCUT2D eigenvalue weighted by atomic mass is 16.5. The summed E-state index contributed by atoms with van der Waals surface area (Å²) in [6.07, 6.45) is 5.21. The van der Waals surface area contributed by atoms with E-state index in [0.29, 0.717) is 18.8 Å². The van der Waals surface area contributed by atoms with Gasteiger partial charge in [0.05, 0.1) is 24.9 Å². The first-order valence-corrected chi connectivity index (χ1v) is 6.02. The van der Waals surface area contributed by atoms with Gasteiger partial charge in [-0.1, -0.05) is 13.3 Å². The second-order valence-electron chi connectivity index (χ2n) is 4.34. The second-order valence-corrected chi connectivity index (χ2v) is 4.34. The molecule has 0 N–H and O–H groups in total. The Kier molecular flexibility index (Phi) is 6.22. The zero-order valence-electron chi connectivity index (χ0n) is 10.2. The lowest BCUT2D eigenvalue weighted by Gasteiger charge is -2.33. The van der Waals surface area contributed by atoms with Crippen LogP contribution in [0.3, 0.4) is 0 Å². The maximum absolute atomic E-state index is 5.83. The standard InChI is InChI=1S/C12H24O3/c1-4-5-6-14-11-7-10(2)15-12(8-11)9-13-3/h10-12H,4-9H2,1-3H3. The van der Waals surface area contributed by atoms with Crippen molar-refractivity contribution >= 4 is 0 Å². The molecule has 0 saturated carbocycles. The zero-order valence-corrected chi connectivity index (χ0v) is 10.2. The van der Waals surface area contributed by atoms with Gasteiger partial charge in [-0.25, -0.2) is 0 Å². The van der Waals surface area contributed by atoms with Crippen molar-refractivity contribution in [3.8, 4) is 0 Å². The van der Waals surface area contributed by atoms with Crippen molar-refractivity contribution in [1.29, 1.82) is 0 Å². The molecule has 3 unspecified atom stereocenters. The van der Waals surface area contributed by atoms with Crippen LogP contribution in [0.25, 0.3) is 0 Å². The summed E-state index contributed by atoms with van der Waals surface area (Å²) in [6.45, 7) is 5.85. The van der Waals surface area contributed by atoms with Gasteiger partial charge in [0.15, 0.2) is 0 Å². The fourth-order valence-electron chi connectivity index (χ4n) is 2.02. The Labute approximate surface area is 93.1 Å². The average molecular weight is 216 g/mol. The predicted octanol–water partition coefficient (Wildman–Crippen LogP) is 2.39. The van der Waals surface area contributed by atoms with Crippen molar-refractivity contribution in [3.63, 3.8) is 0 Å². The lowest BCUT2D eigenvalue weighted by molar-refractivity contribution is -0.126. The molecule has 0 aromatic rings. The maximum Gasteiger partial charge on any atom is 0.0836 e. The zero-order chi connectivity index (χ0) is 11.1. The van der Waals surface area contributed by atoms with Gasteiger partial charge >= 0.3 is 0 Å². The molecule has 1 fully saturated rings. The number of unbranched alkanes of at least 4 members (excludes halogenated alkanes) is 1. The number of ether oxygens (including phenoxy) is 3. The van der Waals surface area contributed by atoms with Gasteiger partial charge in [0.1, 0.15) is 0 Å². The third-order valence-electron chi connectivity index (χ3n) is 2.75. The minimum Gasteiger partial charge on any atom is -0.382 e. The largest absolute Gasteiger partial charge is 0.382 e. The quantitative estimate of drug-likeness (QED) is 0.638. The molecule has 1 aliphatic heterocycles. The van der Waals surface area contributed by atoms with Gasteiger partial charge in [0.25, 0.3) is 0 Å². The van der Waals surface area contributed by atoms with Crippen molar-refractivity contribution < 1.29 is 14.2 Å². The van der Waals surface area contributed by atoms with E-state index in [-0.39, 0.29) is 6.10 Å². The smallest absolute Gasteiger partial charge is 0.0836 e. The van der Waals surface area contributed by atoms with Crippen LogP contribution < -0.4 is 0 Å². The second kappa shape index (κ2) is 7.20. The Morgan fingerprint density at radius 1 is 1.33 bits per heavy atom. The summed E-state index contributed by atoms with van der Waals surface area (Å²) in [7, 11) is 1.72. The molecular formula is C12H24O3. The SMILES string of the molecule is CCCCOC1CC(C)OC(COC)C1. The normalized spacial score (nSPS) is 31.8.